The number of likely N-dealkylation sites (tertiary alicyclic amines) is 1. The van der Waals surface area contributed by atoms with Gasteiger partial charge in [-0.05, 0) is 24.3 Å². The second-order valence-electron chi connectivity index (χ2n) is 9.12. The molecule has 0 aromatic heterocycles. The Hall–Kier alpha value is -2.79. The molecular formula is C25H29Cl2FN2O7. The Kier molecular flexibility index (Phi) is 9.46. The molecule has 2 aromatic rings. The summed E-state index contributed by atoms with van der Waals surface area (Å²) in [6.45, 7) is 2.44. The van der Waals surface area contributed by atoms with E-state index < -0.39 is 18.7 Å². The second-order valence-corrected chi connectivity index (χ2v) is 9.53. The normalized spacial score (nSPS) is 16.8. The first-order chi connectivity index (χ1) is 17.1. The molecule has 9 nitrogen and oxygen atoms in total. The molecule has 0 radical (unpaired) electrons. The Morgan fingerprint density at radius 3 is 2.62 bits per heavy atom. The van der Waals surface area contributed by atoms with Crippen molar-refractivity contribution in [2.75, 3.05) is 38.2 Å². The molecule has 2 aliphatic rings. The third-order valence-corrected chi connectivity index (χ3v) is 6.52. The van der Waals surface area contributed by atoms with E-state index in [1.54, 1.807) is 6.07 Å². The van der Waals surface area contributed by atoms with Crippen molar-refractivity contribution in [1.82, 2.24) is 4.90 Å². The zero-order valence-electron chi connectivity index (χ0n) is 20.2. The molecule has 0 saturated carbocycles. The molecule has 1 spiro atoms. The van der Waals surface area contributed by atoms with E-state index in [1.165, 1.54) is 31.2 Å². The molecule has 202 valence electrons. The van der Waals surface area contributed by atoms with E-state index in [9.17, 15) is 19.1 Å². The van der Waals surface area contributed by atoms with Crippen molar-refractivity contribution in [1.29, 1.82) is 0 Å². The summed E-state index contributed by atoms with van der Waals surface area (Å²) in [5.74, 6) is -0.776. The molecular weight excluding hydrogens is 530 g/mol. The maximum atomic E-state index is 13.6. The van der Waals surface area contributed by atoms with Crippen LogP contribution in [-0.4, -0.2) is 71.5 Å². The Morgan fingerprint density at radius 1 is 1.22 bits per heavy atom. The molecule has 2 aliphatic heterocycles. The predicted octanol–water partition coefficient (Wildman–Crippen LogP) is 3.53. The number of nitrogens with zero attached hydrogens (tertiary/aromatic N) is 1. The Morgan fingerprint density at radius 2 is 1.95 bits per heavy atom. The number of fused-ring (bicyclic) bond motifs is 1. The number of hydrogen-bond donors (Lipinski definition) is 3. The molecule has 37 heavy (non-hydrogen) atoms. The number of halogens is 3. The highest BCUT2D eigenvalue weighted by Gasteiger charge is 2.42. The molecule has 1 saturated heterocycles. The van der Waals surface area contributed by atoms with Gasteiger partial charge in [-0.3, -0.25) is 4.79 Å². The topological polar surface area (TPSA) is 118 Å². The molecule has 12 heteroatoms. The fourth-order valence-corrected chi connectivity index (χ4v) is 4.77. The predicted molar refractivity (Wildman–Crippen MR) is 137 cm³/mol. The van der Waals surface area contributed by atoms with E-state index in [2.05, 4.69) is 10.2 Å². The van der Waals surface area contributed by atoms with Crippen LogP contribution in [0.3, 0.4) is 0 Å². The van der Waals surface area contributed by atoms with Gasteiger partial charge in [0.05, 0.1) is 10.7 Å². The van der Waals surface area contributed by atoms with Gasteiger partial charge in [0, 0.05) is 57.5 Å². The van der Waals surface area contributed by atoms with Crippen molar-refractivity contribution in [2.24, 2.45) is 0 Å². The van der Waals surface area contributed by atoms with Gasteiger partial charge in [0.25, 0.3) is 0 Å². The highest BCUT2D eigenvalue weighted by atomic mass is 35.5. The van der Waals surface area contributed by atoms with E-state index in [0.717, 1.165) is 24.2 Å². The SMILES string of the molecule is CC(=O)Nc1cc(Cl)c(OCC(=O)O)cc1OC[C@H](O)CN1CCC2(CC1)Cc1cc(F)ccc1O2.Cl. The summed E-state index contributed by atoms with van der Waals surface area (Å²) in [5, 5.41) is 22.2. The number of β-amino-alcohol motifs (C(OH)–C–C–N with tert-alkyl or cyclic N) is 1. The van der Waals surface area contributed by atoms with E-state index in [4.69, 9.17) is 30.9 Å². The largest absolute Gasteiger partial charge is 0.489 e. The summed E-state index contributed by atoms with van der Waals surface area (Å²) in [4.78, 5) is 24.5. The fourth-order valence-electron chi connectivity index (χ4n) is 4.55. The van der Waals surface area contributed by atoms with Gasteiger partial charge in [0.1, 0.15) is 41.4 Å². The van der Waals surface area contributed by atoms with Gasteiger partial charge < -0.3 is 34.6 Å². The van der Waals surface area contributed by atoms with Crippen molar-refractivity contribution >= 4 is 41.6 Å². The lowest BCUT2D eigenvalue weighted by Gasteiger charge is -2.39. The number of aliphatic carboxylic acids is 1. The molecule has 4 rings (SSSR count). The number of carboxylic acids is 1. The van der Waals surface area contributed by atoms with E-state index in [1.807, 2.05) is 0 Å². The zero-order valence-corrected chi connectivity index (χ0v) is 21.7. The summed E-state index contributed by atoms with van der Waals surface area (Å²) in [6.07, 6.45) is 1.35. The van der Waals surface area contributed by atoms with Crippen LogP contribution >= 0.6 is 24.0 Å². The van der Waals surface area contributed by atoms with Crippen molar-refractivity contribution in [3.05, 3.63) is 46.7 Å². The molecule has 0 unspecified atom stereocenters. The second kappa shape index (κ2) is 12.2. The average Bonchev–Trinajstić information content (AvgIpc) is 3.16. The van der Waals surface area contributed by atoms with E-state index >= 15 is 0 Å². The maximum Gasteiger partial charge on any atom is 0.341 e. The van der Waals surface area contributed by atoms with Crippen LogP contribution in [0.1, 0.15) is 25.3 Å². The van der Waals surface area contributed by atoms with Gasteiger partial charge in [-0.1, -0.05) is 11.6 Å². The third-order valence-electron chi connectivity index (χ3n) is 6.23. The minimum Gasteiger partial charge on any atom is -0.489 e. The van der Waals surface area contributed by atoms with Gasteiger partial charge in [0.2, 0.25) is 5.91 Å². The minimum absolute atomic E-state index is 0. The summed E-state index contributed by atoms with van der Waals surface area (Å²) in [7, 11) is 0. The number of ether oxygens (including phenoxy) is 3. The molecule has 2 aromatic carbocycles. The highest BCUT2D eigenvalue weighted by Crippen LogP contribution is 2.41. The smallest absolute Gasteiger partial charge is 0.341 e. The number of piperidine rings is 1. The number of aliphatic hydroxyl groups is 1. The monoisotopic (exact) mass is 558 g/mol. The van der Waals surface area contributed by atoms with E-state index in [-0.39, 0.29) is 58.5 Å². The fraction of sp³-hybridized carbons (Fsp3) is 0.440. The first kappa shape index (κ1) is 28.8. The lowest BCUT2D eigenvalue weighted by atomic mass is 9.87. The lowest BCUT2D eigenvalue weighted by Crippen LogP contribution is -2.49. The number of hydrogen-bond acceptors (Lipinski definition) is 7. The van der Waals surface area contributed by atoms with Gasteiger partial charge in [-0.15, -0.1) is 12.4 Å². The van der Waals surface area contributed by atoms with Gasteiger partial charge in [-0.2, -0.15) is 0 Å². The minimum atomic E-state index is -1.17. The summed E-state index contributed by atoms with van der Waals surface area (Å²) in [6, 6.07) is 7.39. The van der Waals surface area contributed by atoms with Crippen LogP contribution in [0.2, 0.25) is 5.02 Å². The number of benzene rings is 2. The van der Waals surface area contributed by atoms with Crippen LogP contribution in [-0.2, 0) is 16.0 Å². The highest BCUT2D eigenvalue weighted by molar-refractivity contribution is 6.32. The summed E-state index contributed by atoms with van der Waals surface area (Å²) in [5.41, 5.74) is 0.829. The van der Waals surface area contributed by atoms with Crippen LogP contribution in [0.4, 0.5) is 10.1 Å². The molecule has 1 fully saturated rings. The summed E-state index contributed by atoms with van der Waals surface area (Å²) >= 11 is 6.14. The Labute approximate surface area is 224 Å². The number of rotatable bonds is 9. The number of anilines is 1. The van der Waals surface area contributed by atoms with Crippen molar-refractivity contribution in [3.8, 4) is 17.2 Å². The van der Waals surface area contributed by atoms with Crippen LogP contribution in [0.5, 0.6) is 17.2 Å². The number of aliphatic hydroxyl groups excluding tert-OH is 1. The van der Waals surface area contributed by atoms with Crippen LogP contribution in [0.15, 0.2) is 30.3 Å². The standard InChI is InChI=1S/C25H28ClFN2O7.ClH/c1-15(30)28-20-9-19(26)22(35-14-24(32)33)10-23(20)34-13-18(31)12-29-6-4-25(5-7-29)11-16-8-17(27)2-3-21(16)36-25;/h2-3,8-10,18,31H,4-7,11-14H2,1H3,(H,28,30)(H,32,33);1H/t18-;/m1./s1. The van der Waals surface area contributed by atoms with Crippen LogP contribution in [0, 0.1) is 5.82 Å². The van der Waals surface area contributed by atoms with Crippen LogP contribution in [0.25, 0.3) is 0 Å². The van der Waals surface area contributed by atoms with Gasteiger partial charge in [-0.25, -0.2) is 9.18 Å². The van der Waals surface area contributed by atoms with Gasteiger partial charge >= 0.3 is 5.97 Å². The number of carbonyl (C=O) groups is 2. The molecule has 3 N–H and O–H groups in total. The van der Waals surface area contributed by atoms with Crippen molar-refractivity contribution in [2.45, 2.75) is 37.9 Å². The average molecular weight is 559 g/mol. The Balaban J connectivity index is 0.00000380. The summed E-state index contributed by atoms with van der Waals surface area (Å²) < 4.78 is 30.7. The third kappa shape index (κ3) is 7.38. The number of amides is 1. The van der Waals surface area contributed by atoms with E-state index in [0.29, 0.717) is 26.1 Å². The molecule has 2 heterocycles. The van der Waals surface area contributed by atoms with Crippen LogP contribution < -0.4 is 19.5 Å². The van der Waals surface area contributed by atoms with Crippen molar-refractivity contribution in [3.63, 3.8) is 0 Å². The first-order valence-electron chi connectivity index (χ1n) is 11.6. The zero-order chi connectivity index (χ0) is 25.9. The van der Waals surface area contributed by atoms with Gasteiger partial charge in [0.15, 0.2) is 6.61 Å². The molecule has 0 aliphatic carbocycles. The molecule has 1 atom stereocenters. The molecule has 0 bridgehead atoms. The van der Waals surface area contributed by atoms with Crippen molar-refractivity contribution < 1.29 is 38.4 Å². The molecule has 1 amide bonds. The Bertz CT molecular complexity index is 1140. The quantitative estimate of drug-likeness (QED) is 0.427. The number of carbonyl (C=O) groups excluding carboxylic acids is 1. The lowest BCUT2D eigenvalue weighted by molar-refractivity contribution is -0.139. The number of nitrogens with one attached hydrogen (secondary N) is 1. The number of carboxylic acid groups (broad SMARTS) is 1. The first-order valence-corrected chi connectivity index (χ1v) is 12.0. The maximum absolute atomic E-state index is 13.6.